The van der Waals surface area contributed by atoms with E-state index in [1.54, 1.807) is 16.2 Å². The van der Waals surface area contributed by atoms with Crippen molar-refractivity contribution >= 4 is 43.6 Å². The summed E-state index contributed by atoms with van der Waals surface area (Å²) in [5.74, 6) is 0.0734. The van der Waals surface area contributed by atoms with Crippen LogP contribution < -0.4 is 10.6 Å². The zero-order valence-corrected chi connectivity index (χ0v) is 18.3. The molecular weight excluding hydrogens is 410 g/mol. The number of nitrogens with zero attached hydrogens (tertiary/aromatic N) is 4. The van der Waals surface area contributed by atoms with Gasteiger partial charge in [0.05, 0.1) is 27.8 Å². The van der Waals surface area contributed by atoms with Crippen LogP contribution in [0.4, 0.5) is 5.13 Å². The Labute approximate surface area is 183 Å². The monoisotopic (exact) mass is 435 g/mol. The second-order valence-corrected chi connectivity index (χ2v) is 8.94. The first-order valence-electron chi connectivity index (χ1n) is 10.7. The third-order valence-corrected chi connectivity index (χ3v) is 7.10. The first kappa shape index (κ1) is 20.0. The zero-order chi connectivity index (χ0) is 21.4. The maximum Gasteiger partial charge on any atom is 0.326 e. The fourth-order valence-corrected chi connectivity index (χ4v) is 5.49. The lowest BCUT2D eigenvalue weighted by Crippen LogP contribution is -2.44. The molecule has 0 aliphatic carbocycles. The number of nitrogens with one attached hydrogen (secondary N) is 1. The summed E-state index contributed by atoms with van der Waals surface area (Å²) in [4.78, 5) is 37.1. The summed E-state index contributed by atoms with van der Waals surface area (Å²) >= 11 is 1.56. The molecule has 31 heavy (non-hydrogen) atoms. The maximum atomic E-state index is 13.0. The number of thiazole rings is 1. The van der Waals surface area contributed by atoms with Gasteiger partial charge in [-0.3, -0.25) is 19.2 Å². The van der Waals surface area contributed by atoms with E-state index in [2.05, 4.69) is 14.9 Å². The number of imidazole rings is 1. The van der Waals surface area contributed by atoms with Crippen LogP contribution in [0.3, 0.4) is 0 Å². The SMILES string of the molecule is CCN(C(=O)CN1CCC(n2c(=O)[nH]c3ccccc32)CC1)c1nc2ccccc2s1. The Hall–Kier alpha value is -2.97. The van der Waals surface area contributed by atoms with E-state index >= 15 is 0 Å². The summed E-state index contributed by atoms with van der Waals surface area (Å²) in [6, 6.07) is 15.9. The highest BCUT2D eigenvalue weighted by atomic mass is 32.1. The molecule has 4 aromatic rings. The molecule has 1 fully saturated rings. The quantitative estimate of drug-likeness (QED) is 0.520. The standard InChI is InChI=1S/C23H25N5O2S/c1-2-27(23-25-18-8-4-6-10-20(18)31-23)21(29)15-26-13-11-16(12-14-26)28-19-9-5-3-7-17(19)24-22(28)30/h3-10,16H,2,11-15H2,1H3,(H,24,30). The van der Waals surface area contributed by atoms with Crippen molar-refractivity contribution in [2.24, 2.45) is 0 Å². The molecule has 1 saturated heterocycles. The smallest absolute Gasteiger partial charge is 0.306 e. The van der Waals surface area contributed by atoms with Crippen LogP contribution in [-0.2, 0) is 4.79 Å². The second kappa shape index (κ2) is 8.28. The van der Waals surface area contributed by atoms with E-state index < -0.39 is 0 Å². The Morgan fingerprint density at radius 1 is 1.16 bits per heavy atom. The lowest BCUT2D eigenvalue weighted by atomic mass is 10.0. The highest BCUT2D eigenvalue weighted by Crippen LogP contribution is 2.29. The number of amides is 1. The summed E-state index contributed by atoms with van der Waals surface area (Å²) in [6.07, 6.45) is 1.70. The number of para-hydroxylation sites is 3. The molecule has 2 aromatic heterocycles. The molecule has 8 heteroatoms. The summed E-state index contributed by atoms with van der Waals surface area (Å²) in [5, 5.41) is 0.758. The van der Waals surface area contributed by atoms with Gasteiger partial charge in [0.15, 0.2) is 5.13 Å². The van der Waals surface area contributed by atoms with Crippen LogP contribution >= 0.6 is 11.3 Å². The molecule has 0 radical (unpaired) electrons. The van der Waals surface area contributed by atoms with E-state index in [4.69, 9.17) is 0 Å². The van der Waals surface area contributed by atoms with Crippen molar-refractivity contribution in [3.8, 4) is 0 Å². The topological polar surface area (TPSA) is 74.2 Å². The molecule has 0 bridgehead atoms. The van der Waals surface area contributed by atoms with E-state index in [-0.39, 0.29) is 17.6 Å². The van der Waals surface area contributed by atoms with Crippen molar-refractivity contribution < 1.29 is 4.79 Å². The lowest BCUT2D eigenvalue weighted by molar-refractivity contribution is -0.120. The summed E-state index contributed by atoms with van der Waals surface area (Å²) in [5.41, 5.74) is 2.71. The van der Waals surface area contributed by atoms with Crippen LogP contribution in [0.25, 0.3) is 21.3 Å². The molecule has 1 N–H and O–H groups in total. The van der Waals surface area contributed by atoms with Gasteiger partial charge >= 0.3 is 5.69 Å². The minimum Gasteiger partial charge on any atom is -0.306 e. The van der Waals surface area contributed by atoms with Crippen LogP contribution in [-0.4, -0.2) is 51.5 Å². The molecule has 0 spiro atoms. The van der Waals surface area contributed by atoms with E-state index in [0.29, 0.717) is 13.1 Å². The van der Waals surface area contributed by atoms with Gasteiger partial charge in [-0.1, -0.05) is 35.6 Å². The number of piperidine rings is 1. The lowest BCUT2D eigenvalue weighted by Gasteiger charge is -2.33. The first-order valence-corrected chi connectivity index (χ1v) is 11.5. The molecule has 1 aliphatic rings. The molecule has 0 unspecified atom stereocenters. The van der Waals surface area contributed by atoms with Gasteiger partial charge in [-0.25, -0.2) is 9.78 Å². The molecular formula is C23H25N5O2S. The highest BCUT2D eigenvalue weighted by molar-refractivity contribution is 7.22. The van der Waals surface area contributed by atoms with Crippen LogP contribution in [0, 0.1) is 0 Å². The van der Waals surface area contributed by atoms with Gasteiger partial charge in [-0.05, 0) is 44.0 Å². The van der Waals surface area contributed by atoms with Gasteiger partial charge in [-0.15, -0.1) is 0 Å². The second-order valence-electron chi connectivity index (χ2n) is 7.93. The Morgan fingerprint density at radius 2 is 1.90 bits per heavy atom. The van der Waals surface area contributed by atoms with E-state index in [0.717, 1.165) is 52.3 Å². The van der Waals surface area contributed by atoms with Crippen molar-refractivity contribution in [2.45, 2.75) is 25.8 Å². The summed E-state index contributed by atoms with van der Waals surface area (Å²) < 4.78 is 2.97. The third-order valence-electron chi connectivity index (χ3n) is 6.04. The molecule has 0 saturated carbocycles. The maximum absolute atomic E-state index is 13.0. The summed E-state index contributed by atoms with van der Waals surface area (Å²) in [6.45, 7) is 4.54. The van der Waals surface area contributed by atoms with E-state index in [1.807, 2.05) is 60.0 Å². The number of likely N-dealkylation sites (tertiary alicyclic amines) is 1. The number of fused-ring (bicyclic) bond motifs is 2. The van der Waals surface area contributed by atoms with Crippen molar-refractivity contribution in [3.05, 3.63) is 59.0 Å². The van der Waals surface area contributed by atoms with Crippen LogP contribution in [0.15, 0.2) is 53.3 Å². The number of benzene rings is 2. The third kappa shape index (κ3) is 3.77. The van der Waals surface area contributed by atoms with Crippen LogP contribution in [0.5, 0.6) is 0 Å². The normalized spacial score (nSPS) is 15.6. The minimum atomic E-state index is -0.0521. The van der Waals surface area contributed by atoms with Gasteiger partial charge in [0.25, 0.3) is 0 Å². The molecule has 7 nitrogen and oxygen atoms in total. The van der Waals surface area contributed by atoms with Gasteiger partial charge in [0.2, 0.25) is 5.91 Å². The largest absolute Gasteiger partial charge is 0.326 e. The molecule has 1 amide bonds. The fourth-order valence-electron chi connectivity index (χ4n) is 4.44. The number of likely N-dealkylation sites (N-methyl/N-ethyl adjacent to an activating group) is 1. The van der Waals surface area contributed by atoms with Gasteiger partial charge in [0.1, 0.15) is 0 Å². The number of hydrogen-bond acceptors (Lipinski definition) is 5. The van der Waals surface area contributed by atoms with Crippen molar-refractivity contribution in [1.29, 1.82) is 0 Å². The Morgan fingerprint density at radius 3 is 2.68 bits per heavy atom. The molecule has 0 atom stereocenters. The number of anilines is 1. The average molecular weight is 436 g/mol. The first-order chi connectivity index (χ1) is 15.1. The highest BCUT2D eigenvalue weighted by Gasteiger charge is 2.26. The zero-order valence-electron chi connectivity index (χ0n) is 17.5. The Balaban J connectivity index is 1.26. The Bertz CT molecular complexity index is 1250. The molecule has 1 aliphatic heterocycles. The number of aromatic nitrogens is 3. The molecule has 160 valence electrons. The Kier molecular flexibility index (Phi) is 5.33. The predicted octanol–water partition coefficient (Wildman–Crippen LogP) is 3.63. The molecule has 3 heterocycles. The van der Waals surface area contributed by atoms with E-state index in [9.17, 15) is 9.59 Å². The fraction of sp³-hybridized carbons (Fsp3) is 0.348. The van der Waals surface area contributed by atoms with Crippen LogP contribution in [0.2, 0.25) is 0 Å². The summed E-state index contributed by atoms with van der Waals surface area (Å²) in [7, 11) is 0. The van der Waals surface area contributed by atoms with Crippen molar-refractivity contribution in [1.82, 2.24) is 19.4 Å². The number of carbonyl (C=O) groups is 1. The van der Waals surface area contributed by atoms with Gasteiger partial charge < -0.3 is 4.98 Å². The van der Waals surface area contributed by atoms with E-state index in [1.165, 1.54) is 0 Å². The average Bonchev–Trinajstić information content (AvgIpc) is 3.35. The number of aromatic amines is 1. The number of H-pyrrole nitrogens is 1. The van der Waals surface area contributed by atoms with Crippen molar-refractivity contribution in [3.63, 3.8) is 0 Å². The van der Waals surface area contributed by atoms with Crippen LogP contribution in [0.1, 0.15) is 25.8 Å². The van der Waals surface area contributed by atoms with Gasteiger partial charge in [-0.2, -0.15) is 0 Å². The minimum absolute atomic E-state index is 0.0521. The van der Waals surface area contributed by atoms with Crippen molar-refractivity contribution in [2.75, 3.05) is 31.1 Å². The number of rotatable bonds is 5. The molecule has 5 rings (SSSR count). The van der Waals surface area contributed by atoms with Gasteiger partial charge in [0, 0.05) is 25.7 Å². The number of carbonyl (C=O) groups excluding carboxylic acids is 1. The predicted molar refractivity (Wildman–Crippen MR) is 125 cm³/mol. The number of hydrogen-bond donors (Lipinski definition) is 1. The molecule has 2 aromatic carbocycles.